The van der Waals surface area contributed by atoms with Gasteiger partial charge in [0.25, 0.3) is 0 Å². The highest BCUT2D eigenvalue weighted by Gasteiger charge is 2.20. The smallest absolute Gasteiger partial charge is 0.242 e. The van der Waals surface area contributed by atoms with Crippen molar-refractivity contribution in [2.24, 2.45) is 11.5 Å². The van der Waals surface area contributed by atoms with E-state index in [-0.39, 0.29) is 31.7 Å². The van der Waals surface area contributed by atoms with Crippen LogP contribution in [0.4, 0.5) is 0 Å². The van der Waals surface area contributed by atoms with E-state index in [4.69, 9.17) is 11.5 Å². The largest absolute Gasteiger partial charge is 0.370 e. The summed E-state index contributed by atoms with van der Waals surface area (Å²) in [4.78, 5) is 44.1. The molecule has 0 aliphatic carbocycles. The van der Waals surface area contributed by atoms with Crippen LogP contribution in [0.25, 0.3) is 0 Å². The van der Waals surface area contributed by atoms with E-state index in [1.165, 1.54) is 6.92 Å². The van der Waals surface area contributed by atoms with Crippen LogP contribution in [0.3, 0.4) is 0 Å². The van der Waals surface area contributed by atoms with Crippen LogP contribution >= 0.6 is 0 Å². The van der Waals surface area contributed by atoms with Crippen LogP contribution in [0.15, 0.2) is 0 Å². The average molecular weight is 258 g/mol. The van der Waals surface area contributed by atoms with Crippen LogP contribution in [-0.2, 0) is 19.2 Å². The first-order valence-electron chi connectivity index (χ1n) is 5.41. The van der Waals surface area contributed by atoms with Gasteiger partial charge >= 0.3 is 0 Å². The fraction of sp³-hybridized carbons (Fsp3) is 0.600. The molecule has 18 heavy (non-hydrogen) atoms. The molecule has 0 heterocycles. The third-order valence-electron chi connectivity index (χ3n) is 2.03. The maximum Gasteiger partial charge on any atom is 0.242 e. The molecule has 8 nitrogen and oxygen atoms in total. The van der Waals surface area contributed by atoms with E-state index in [2.05, 4.69) is 10.6 Å². The molecule has 0 aromatic carbocycles. The molecule has 0 aromatic heterocycles. The lowest BCUT2D eigenvalue weighted by atomic mass is 10.1. The van der Waals surface area contributed by atoms with Gasteiger partial charge in [0.15, 0.2) is 0 Å². The highest BCUT2D eigenvalue weighted by molar-refractivity contribution is 5.91. The van der Waals surface area contributed by atoms with Gasteiger partial charge in [-0.05, 0) is 13.3 Å². The van der Waals surface area contributed by atoms with Crippen molar-refractivity contribution >= 4 is 23.5 Å². The highest BCUT2D eigenvalue weighted by atomic mass is 16.2. The second kappa shape index (κ2) is 8.18. The molecular formula is C10H18N4O4. The molecule has 0 aromatic rings. The van der Waals surface area contributed by atoms with E-state index in [1.807, 2.05) is 0 Å². The number of nitrogens with two attached hydrogens (primary N) is 2. The molecule has 0 aliphatic heterocycles. The van der Waals surface area contributed by atoms with Gasteiger partial charge in [-0.15, -0.1) is 0 Å². The predicted molar refractivity (Wildman–Crippen MR) is 63.1 cm³/mol. The van der Waals surface area contributed by atoms with Gasteiger partial charge in [0.2, 0.25) is 17.7 Å². The second-order valence-electron chi connectivity index (χ2n) is 3.75. The Balaban J connectivity index is 4.42. The minimum absolute atomic E-state index is 0.0526. The molecule has 1 atom stereocenters. The molecule has 0 spiro atoms. The third kappa shape index (κ3) is 7.34. The van der Waals surface area contributed by atoms with Crippen LogP contribution in [-0.4, -0.2) is 42.6 Å². The van der Waals surface area contributed by atoms with Gasteiger partial charge in [0.1, 0.15) is 11.8 Å². The Hall–Kier alpha value is -1.96. The van der Waals surface area contributed by atoms with E-state index >= 15 is 0 Å². The summed E-state index contributed by atoms with van der Waals surface area (Å²) in [6.45, 7) is 0.911. The molecule has 0 rings (SSSR count). The second-order valence-corrected chi connectivity index (χ2v) is 3.75. The quantitative estimate of drug-likeness (QED) is 0.377. The first-order chi connectivity index (χ1) is 8.36. The summed E-state index contributed by atoms with van der Waals surface area (Å²) < 4.78 is 0. The van der Waals surface area contributed by atoms with E-state index < -0.39 is 23.8 Å². The zero-order valence-corrected chi connectivity index (χ0v) is 10.2. The topological polar surface area (TPSA) is 144 Å². The van der Waals surface area contributed by atoms with Gasteiger partial charge in [-0.2, -0.15) is 0 Å². The number of nitrogens with one attached hydrogen (secondary N) is 2. The molecule has 0 radical (unpaired) electrons. The molecule has 6 N–H and O–H groups in total. The van der Waals surface area contributed by atoms with Crippen LogP contribution < -0.4 is 22.1 Å². The summed E-state index contributed by atoms with van der Waals surface area (Å²) in [5.41, 5.74) is 10.1. The van der Waals surface area contributed by atoms with E-state index in [1.54, 1.807) is 0 Å². The van der Waals surface area contributed by atoms with Crippen molar-refractivity contribution in [3.8, 4) is 0 Å². The molecule has 8 heteroatoms. The third-order valence-corrected chi connectivity index (χ3v) is 2.03. The van der Waals surface area contributed by atoms with Crippen molar-refractivity contribution in [1.82, 2.24) is 10.6 Å². The van der Waals surface area contributed by atoms with Gasteiger partial charge in [-0.1, -0.05) is 0 Å². The van der Waals surface area contributed by atoms with Crippen molar-refractivity contribution in [2.75, 3.05) is 13.1 Å². The molecule has 0 bridgehead atoms. The number of hydrogen-bond donors (Lipinski definition) is 4. The average Bonchev–Trinajstić information content (AvgIpc) is 2.30. The van der Waals surface area contributed by atoms with Gasteiger partial charge < -0.3 is 22.1 Å². The van der Waals surface area contributed by atoms with Crippen LogP contribution in [0.5, 0.6) is 0 Å². The van der Waals surface area contributed by atoms with Crippen molar-refractivity contribution in [3.63, 3.8) is 0 Å². The fourth-order valence-electron chi connectivity index (χ4n) is 1.14. The molecular weight excluding hydrogens is 240 g/mol. The molecule has 1 unspecified atom stereocenters. The van der Waals surface area contributed by atoms with Crippen LogP contribution in [0.1, 0.15) is 19.8 Å². The Morgan fingerprint density at radius 2 is 1.83 bits per heavy atom. The van der Waals surface area contributed by atoms with E-state index in [9.17, 15) is 19.2 Å². The monoisotopic (exact) mass is 258 g/mol. The minimum Gasteiger partial charge on any atom is -0.370 e. The van der Waals surface area contributed by atoms with Gasteiger partial charge in [-0.25, -0.2) is 0 Å². The SMILES string of the molecule is CC(=O)CNC(=O)C(CCC(N)=O)NC(=O)CN. The normalized spacial score (nSPS) is 11.4. The number of hydrogen-bond acceptors (Lipinski definition) is 5. The summed E-state index contributed by atoms with van der Waals surface area (Å²) >= 11 is 0. The van der Waals surface area contributed by atoms with Crippen LogP contribution in [0.2, 0.25) is 0 Å². The maximum atomic E-state index is 11.6. The van der Waals surface area contributed by atoms with E-state index in [0.717, 1.165) is 0 Å². The molecule has 0 fully saturated rings. The Morgan fingerprint density at radius 1 is 1.22 bits per heavy atom. The Bertz CT molecular complexity index is 343. The Labute approximate surface area is 104 Å². The van der Waals surface area contributed by atoms with Crippen LogP contribution in [0, 0.1) is 0 Å². The Kier molecular flexibility index (Phi) is 7.29. The number of rotatable bonds is 8. The summed E-state index contributed by atoms with van der Waals surface area (Å²) in [5, 5.41) is 4.69. The number of amides is 3. The number of ketones is 1. The lowest BCUT2D eigenvalue weighted by Gasteiger charge is -2.17. The first-order valence-corrected chi connectivity index (χ1v) is 5.41. The molecule has 3 amide bonds. The van der Waals surface area contributed by atoms with Crippen molar-refractivity contribution in [2.45, 2.75) is 25.8 Å². The molecule has 0 saturated carbocycles. The zero-order valence-electron chi connectivity index (χ0n) is 10.2. The summed E-state index contributed by atoms with van der Waals surface area (Å²) in [5.74, 6) is -1.88. The van der Waals surface area contributed by atoms with Gasteiger partial charge in [0.05, 0.1) is 13.1 Å². The van der Waals surface area contributed by atoms with Crippen molar-refractivity contribution in [1.29, 1.82) is 0 Å². The molecule has 0 aliphatic rings. The lowest BCUT2D eigenvalue weighted by molar-refractivity contribution is -0.130. The summed E-state index contributed by atoms with van der Waals surface area (Å²) in [6, 6.07) is -0.923. The number of carbonyl (C=O) groups is 4. The van der Waals surface area contributed by atoms with Crippen molar-refractivity contribution in [3.05, 3.63) is 0 Å². The number of Topliss-reactive ketones (excluding diaryl/α,β-unsaturated/α-hetero) is 1. The highest BCUT2D eigenvalue weighted by Crippen LogP contribution is 1.97. The molecule has 102 valence electrons. The van der Waals surface area contributed by atoms with Crippen molar-refractivity contribution < 1.29 is 19.2 Å². The maximum absolute atomic E-state index is 11.6. The van der Waals surface area contributed by atoms with Gasteiger partial charge in [-0.3, -0.25) is 19.2 Å². The predicted octanol–water partition coefficient (Wildman–Crippen LogP) is -2.60. The lowest BCUT2D eigenvalue weighted by Crippen LogP contribution is -2.49. The summed E-state index contributed by atoms with van der Waals surface area (Å²) in [6.07, 6.45) is 0.00776. The minimum atomic E-state index is -0.923. The standard InChI is InChI=1S/C10H18N4O4/c1-6(15)5-13-10(18)7(2-3-8(12)16)14-9(17)4-11/h7H,2-5,11H2,1H3,(H2,12,16)(H,13,18)(H,14,17). The summed E-state index contributed by atoms with van der Waals surface area (Å²) in [7, 11) is 0. The fourth-order valence-corrected chi connectivity index (χ4v) is 1.14. The molecule has 0 saturated heterocycles. The first kappa shape index (κ1) is 16.0. The van der Waals surface area contributed by atoms with E-state index in [0.29, 0.717) is 0 Å². The number of primary amides is 1. The zero-order chi connectivity index (χ0) is 14.1. The Morgan fingerprint density at radius 3 is 2.28 bits per heavy atom. The number of carbonyl (C=O) groups excluding carboxylic acids is 4. The van der Waals surface area contributed by atoms with Gasteiger partial charge in [0, 0.05) is 6.42 Å².